The van der Waals surface area contributed by atoms with Gasteiger partial charge in [-0.05, 0) is 36.1 Å². The van der Waals surface area contributed by atoms with Crippen molar-refractivity contribution >= 4 is 17.7 Å². The molecule has 1 fully saturated rings. The van der Waals surface area contributed by atoms with Gasteiger partial charge in [0.2, 0.25) is 5.91 Å². The fourth-order valence-corrected chi connectivity index (χ4v) is 4.23. The Morgan fingerprint density at radius 2 is 1.81 bits per heavy atom. The molecule has 4 rings (SSSR count). The molecule has 0 aliphatic heterocycles. The predicted octanol–water partition coefficient (Wildman–Crippen LogP) is 5.36. The zero-order chi connectivity index (χ0) is 22.0. The molecule has 1 amide bonds. The van der Waals surface area contributed by atoms with Gasteiger partial charge in [0.25, 0.3) is 0 Å². The average Bonchev–Trinajstić information content (AvgIpc) is 3.46. The highest BCUT2D eigenvalue weighted by Gasteiger charge is 2.34. The van der Waals surface area contributed by atoms with Crippen molar-refractivity contribution in [2.75, 3.05) is 0 Å². The first-order valence-electron chi connectivity index (χ1n) is 9.70. The number of benzene rings is 2. The summed E-state index contributed by atoms with van der Waals surface area (Å²) in [5.41, 5.74) is 1.39. The SMILES string of the molecule is O=C(NC1CC1)C(Sc1ncc(-c2ccccc2)n1CC(F)(F)F)c1ccc(F)cc1. The van der Waals surface area contributed by atoms with Crippen LogP contribution in [0.4, 0.5) is 17.6 Å². The summed E-state index contributed by atoms with van der Waals surface area (Å²) in [4.78, 5) is 17.1. The first kappa shape index (κ1) is 21.4. The van der Waals surface area contributed by atoms with Crippen LogP contribution in [0.3, 0.4) is 0 Å². The van der Waals surface area contributed by atoms with Crippen LogP contribution in [0, 0.1) is 5.82 Å². The van der Waals surface area contributed by atoms with E-state index in [1.165, 1.54) is 30.5 Å². The van der Waals surface area contributed by atoms with Crippen molar-refractivity contribution in [2.24, 2.45) is 0 Å². The van der Waals surface area contributed by atoms with Crippen LogP contribution in [0.25, 0.3) is 11.3 Å². The summed E-state index contributed by atoms with van der Waals surface area (Å²) < 4.78 is 54.5. The largest absolute Gasteiger partial charge is 0.406 e. The summed E-state index contributed by atoms with van der Waals surface area (Å²) in [5, 5.41) is 2.09. The molecule has 4 nitrogen and oxygen atoms in total. The summed E-state index contributed by atoms with van der Waals surface area (Å²) in [7, 11) is 0. The number of thioether (sulfide) groups is 1. The number of carbonyl (C=O) groups is 1. The van der Waals surface area contributed by atoms with E-state index in [2.05, 4.69) is 10.3 Å². The van der Waals surface area contributed by atoms with Crippen molar-refractivity contribution in [3.63, 3.8) is 0 Å². The second-order valence-electron chi connectivity index (χ2n) is 7.33. The van der Waals surface area contributed by atoms with Gasteiger partial charge in [0.1, 0.15) is 17.6 Å². The molecule has 1 aliphatic carbocycles. The Hall–Kier alpha value is -2.81. The number of carbonyl (C=O) groups excluding carboxylic acids is 1. The number of amides is 1. The fraction of sp³-hybridized carbons (Fsp3) is 0.273. The maximum absolute atomic E-state index is 13.4. The second-order valence-corrected chi connectivity index (χ2v) is 8.40. The van der Waals surface area contributed by atoms with Gasteiger partial charge < -0.3 is 9.88 Å². The first-order chi connectivity index (χ1) is 14.8. The van der Waals surface area contributed by atoms with Gasteiger partial charge in [-0.2, -0.15) is 13.2 Å². The van der Waals surface area contributed by atoms with Crippen molar-refractivity contribution in [3.05, 3.63) is 72.2 Å². The Morgan fingerprint density at radius 1 is 1.13 bits per heavy atom. The number of rotatable bonds is 7. The van der Waals surface area contributed by atoms with Gasteiger partial charge in [0, 0.05) is 6.04 Å². The maximum atomic E-state index is 13.4. The monoisotopic (exact) mass is 449 g/mol. The highest BCUT2D eigenvalue weighted by atomic mass is 32.2. The second kappa shape index (κ2) is 8.74. The predicted molar refractivity (Wildman–Crippen MR) is 110 cm³/mol. The van der Waals surface area contributed by atoms with Gasteiger partial charge >= 0.3 is 6.18 Å². The molecule has 0 saturated heterocycles. The smallest absolute Gasteiger partial charge is 0.352 e. The summed E-state index contributed by atoms with van der Waals surface area (Å²) >= 11 is 0.926. The zero-order valence-corrected chi connectivity index (χ0v) is 17.1. The molecule has 3 aromatic rings. The highest BCUT2D eigenvalue weighted by Crippen LogP contribution is 2.38. The number of halogens is 4. The van der Waals surface area contributed by atoms with Crippen LogP contribution in [0.2, 0.25) is 0 Å². The van der Waals surface area contributed by atoms with E-state index in [-0.39, 0.29) is 17.1 Å². The molecule has 1 saturated carbocycles. The summed E-state index contributed by atoms with van der Waals surface area (Å²) in [6, 6.07) is 14.1. The fourth-order valence-electron chi connectivity index (χ4n) is 3.14. The topological polar surface area (TPSA) is 46.9 Å². The van der Waals surface area contributed by atoms with Gasteiger partial charge in [-0.15, -0.1) is 0 Å². The van der Waals surface area contributed by atoms with Crippen LogP contribution in [0.5, 0.6) is 0 Å². The molecule has 1 aliphatic rings. The van der Waals surface area contributed by atoms with E-state index in [0.29, 0.717) is 16.8 Å². The molecule has 9 heteroatoms. The van der Waals surface area contributed by atoms with Crippen LogP contribution in [-0.2, 0) is 11.3 Å². The normalized spacial score (nSPS) is 15.0. The van der Waals surface area contributed by atoms with E-state index in [1.807, 2.05) is 0 Å². The zero-order valence-electron chi connectivity index (χ0n) is 16.3. The van der Waals surface area contributed by atoms with Crippen molar-refractivity contribution < 1.29 is 22.4 Å². The number of nitrogens with zero attached hydrogens (tertiary/aromatic N) is 2. The Bertz CT molecular complexity index is 1050. The number of hydrogen-bond acceptors (Lipinski definition) is 3. The van der Waals surface area contributed by atoms with E-state index in [1.54, 1.807) is 30.3 Å². The third-order valence-electron chi connectivity index (χ3n) is 4.78. The van der Waals surface area contributed by atoms with Crippen LogP contribution in [0.1, 0.15) is 23.7 Å². The number of hydrogen-bond donors (Lipinski definition) is 1. The molecule has 0 bridgehead atoms. The molecule has 1 N–H and O–H groups in total. The third-order valence-corrected chi connectivity index (χ3v) is 6.04. The lowest BCUT2D eigenvalue weighted by molar-refractivity contribution is -0.141. The molecule has 1 heterocycles. The molecule has 0 spiro atoms. The van der Waals surface area contributed by atoms with E-state index in [4.69, 9.17) is 0 Å². The van der Waals surface area contributed by atoms with Crippen LogP contribution < -0.4 is 5.32 Å². The average molecular weight is 449 g/mol. The Morgan fingerprint density at radius 3 is 2.42 bits per heavy atom. The van der Waals surface area contributed by atoms with E-state index < -0.39 is 23.8 Å². The quantitative estimate of drug-likeness (QED) is 0.390. The number of imidazole rings is 1. The van der Waals surface area contributed by atoms with Gasteiger partial charge in [-0.25, -0.2) is 9.37 Å². The number of alkyl halides is 3. The van der Waals surface area contributed by atoms with Gasteiger partial charge in [0.05, 0.1) is 11.9 Å². The van der Waals surface area contributed by atoms with E-state index >= 15 is 0 Å². The molecule has 2 aromatic carbocycles. The van der Waals surface area contributed by atoms with Crippen LogP contribution in [-0.4, -0.2) is 27.7 Å². The summed E-state index contributed by atoms with van der Waals surface area (Å²) in [6.45, 7) is -1.24. The van der Waals surface area contributed by atoms with E-state index in [0.717, 1.165) is 29.2 Å². The lowest BCUT2D eigenvalue weighted by Gasteiger charge is -2.19. The highest BCUT2D eigenvalue weighted by molar-refractivity contribution is 8.00. The van der Waals surface area contributed by atoms with Crippen molar-refractivity contribution in [1.29, 1.82) is 0 Å². The van der Waals surface area contributed by atoms with Gasteiger partial charge in [-0.1, -0.05) is 54.2 Å². The van der Waals surface area contributed by atoms with Crippen molar-refractivity contribution in [3.8, 4) is 11.3 Å². The molecule has 1 atom stereocenters. The van der Waals surface area contributed by atoms with Gasteiger partial charge in [-0.3, -0.25) is 4.79 Å². The Kier molecular flexibility index (Phi) is 6.04. The Balaban J connectivity index is 1.70. The van der Waals surface area contributed by atoms with Crippen LogP contribution in [0.15, 0.2) is 66.0 Å². The lowest BCUT2D eigenvalue weighted by Crippen LogP contribution is -2.30. The molecule has 31 heavy (non-hydrogen) atoms. The van der Waals surface area contributed by atoms with Crippen molar-refractivity contribution in [1.82, 2.24) is 14.9 Å². The van der Waals surface area contributed by atoms with E-state index in [9.17, 15) is 22.4 Å². The third kappa shape index (κ3) is 5.46. The minimum absolute atomic E-state index is 0.0662. The minimum atomic E-state index is -4.47. The molecule has 162 valence electrons. The number of aromatic nitrogens is 2. The Labute approximate surface area is 180 Å². The maximum Gasteiger partial charge on any atom is 0.406 e. The first-order valence-corrected chi connectivity index (χ1v) is 10.6. The molecular weight excluding hydrogens is 430 g/mol. The molecule has 1 aromatic heterocycles. The summed E-state index contributed by atoms with van der Waals surface area (Å²) in [6.07, 6.45) is -1.36. The van der Waals surface area contributed by atoms with Gasteiger partial charge in [0.15, 0.2) is 5.16 Å². The molecular formula is C22H19F4N3OS. The standard InChI is InChI=1S/C22H19F4N3OS/c23-16-8-6-15(7-9-16)19(20(30)28-17-10-11-17)31-21-27-12-18(14-4-2-1-3-5-14)29(21)13-22(24,25)26/h1-9,12,17,19H,10-11,13H2,(H,28,30). The summed E-state index contributed by atoms with van der Waals surface area (Å²) in [5.74, 6) is -0.790. The van der Waals surface area contributed by atoms with Crippen molar-refractivity contribution in [2.45, 2.75) is 42.0 Å². The number of nitrogens with one attached hydrogen (secondary N) is 1. The lowest BCUT2D eigenvalue weighted by atomic mass is 10.1. The minimum Gasteiger partial charge on any atom is -0.352 e. The molecule has 0 radical (unpaired) electrons. The van der Waals surface area contributed by atoms with Crippen LogP contribution >= 0.6 is 11.8 Å². The molecule has 1 unspecified atom stereocenters.